The van der Waals surface area contributed by atoms with Gasteiger partial charge in [0, 0.05) is 13.1 Å². The Kier molecular flexibility index (Phi) is 6.68. The van der Waals surface area contributed by atoms with Crippen LogP contribution in [0.15, 0.2) is 30.5 Å². The summed E-state index contributed by atoms with van der Waals surface area (Å²) in [6, 6.07) is 6.75. The summed E-state index contributed by atoms with van der Waals surface area (Å²) in [6.07, 6.45) is 3.18. The summed E-state index contributed by atoms with van der Waals surface area (Å²) >= 11 is 0. The van der Waals surface area contributed by atoms with Crippen LogP contribution in [-0.2, 0) is 6.42 Å². The molecule has 0 spiro atoms. The van der Waals surface area contributed by atoms with Crippen molar-refractivity contribution in [2.24, 2.45) is 0 Å². The second-order valence-electron chi connectivity index (χ2n) is 5.52. The third-order valence-corrected chi connectivity index (χ3v) is 3.28. The van der Waals surface area contributed by atoms with Crippen LogP contribution >= 0.6 is 0 Å². The van der Waals surface area contributed by atoms with Crippen molar-refractivity contribution in [1.82, 2.24) is 20.1 Å². The quantitative estimate of drug-likeness (QED) is 0.690. The number of nitrogens with zero attached hydrogens (tertiary/aromatic N) is 4. The zero-order valence-electron chi connectivity index (χ0n) is 13.6. The first kappa shape index (κ1) is 17.1. The third kappa shape index (κ3) is 6.15. The zero-order valence-corrected chi connectivity index (χ0v) is 13.6. The first-order valence-corrected chi connectivity index (χ1v) is 7.71. The number of hydrogen-bond donors (Lipinski definition) is 2. The lowest BCUT2D eigenvalue weighted by molar-refractivity contribution is 0.405. The number of anilines is 2. The van der Waals surface area contributed by atoms with Crippen molar-refractivity contribution in [2.45, 2.75) is 12.8 Å². The van der Waals surface area contributed by atoms with Crippen LogP contribution in [0.1, 0.15) is 12.0 Å². The smallest absolute Gasteiger partial charge is 0.244 e. The van der Waals surface area contributed by atoms with E-state index < -0.39 is 0 Å². The summed E-state index contributed by atoms with van der Waals surface area (Å²) in [5, 5.41) is 14.1. The highest BCUT2D eigenvalue weighted by Gasteiger charge is 2.03. The number of hydrogen-bond acceptors (Lipinski definition) is 6. The first-order chi connectivity index (χ1) is 11.1. The SMILES string of the molecule is CN(C)CCCNc1cnnc(NCCc2ccccc2F)n1. The van der Waals surface area contributed by atoms with E-state index >= 15 is 0 Å². The Morgan fingerprint density at radius 3 is 2.74 bits per heavy atom. The van der Waals surface area contributed by atoms with E-state index in [0.29, 0.717) is 30.3 Å². The lowest BCUT2D eigenvalue weighted by Gasteiger charge is -2.10. The largest absolute Gasteiger partial charge is 0.369 e. The normalized spacial score (nSPS) is 10.8. The van der Waals surface area contributed by atoms with Crippen molar-refractivity contribution in [1.29, 1.82) is 0 Å². The van der Waals surface area contributed by atoms with Crippen LogP contribution in [0.25, 0.3) is 0 Å². The van der Waals surface area contributed by atoms with Crippen LogP contribution < -0.4 is 10.6 Å². The van der Waals surface area contributed by atoms with Crippen LogP contribution in [0.3, 0.4) is 0 Å². The van der Waals surface area contributed by atoms with E-state index in [4.69, 9.17) is 0 Å². The van der Waals surface area contributed by atoms with E-state index in [1.807, 2.05) is 20.2 Å². The van der Waals surface area contributed by atoms with Crippen molar-refractivity contribution in [3.63, 3.8) is 0 Å². The molecule has 1 heterocycles. The van der Waals surface area contributed by atoms with Crippen LogP contribution in [-0.4, -0.2) is 53.8 Å². The van der Waals surface area contributed by atoms with Crippen molar-refractivity contribution >= 4 is 11.8 Å². The summed E-state index contributed by atoms with van der Waals surface area (Å²) in [5.74, 6) is 0.941. The molecule has 2 aromatic rings. The minimum Gasteiger partial charge on any atom is -0.369 e. The molecule has 0 unspecified atom stereocenters. The predicted octanol–water partition coefficient (Wildman–Crippen LogP) is 2.03. The average molecular weight is 318 g/mol. The zero-order chi connectivity index (χ0) is 16.5. The van der Waals surface area contributed by atoms with E-state index in [9.17, 15) is 4.39 Å². The van der Waals surface area contributed by atoms with Crippen LogP contribution in [0.4, 0.5) is 16.2 Å². The van der Waals surface area contributed by atoms with Gasteiger partial charge in [0.15, 0.2) is 5.82 Å². The van der Waals surface area contributed by atoms with Gasteiger partial charge in [-0.2, -0.15) is 10.1 Å². The van der Waals surface area contributed by atoms with Crippen LogP contribution in [0.5, 0.6) is 0 Å². The first-order valence-electron chi connectivity index (χ1n) is 7.71. The molecule has 0 aliphatic carbocycles. The molecule has 0 fully saturated rings. The van der Waals surface area contributed by atoms with E-state index in [-0.39, 0.29) is 5.82 Å². The van der Waals surface area contributed by atoms with Gasteiger partial charge in [0.1, 0.15) is 5.82 Å². The number of halogens is 1. The van der Waals surface area contributed by atoms with Gasteiger partial charge in [-0.15, -0.1) is 5.10 Å². The summed E-state index contributed by atoms with van der Waals surface area (Å²) in [5.41, 5.74) is 0.672. The van der Waals surface area contributed by atoms with Crippen LogP contribution in [0, 0.1) is 5.82 Å². The summed E-state index contributed by atoms with van der Waals surface area (Å²) in [7, 11) is 4.09. The Balaban J connectivity index is 1.77. The Labute approximate surface area is 136 Å². The van der Waals surface area contributed by atoms with Gasteiger partial charge in [0.05, 0.1) is 6.20 Å². The van der Waals surface area contributed by atoms with Crippen molar-refractivity contribution in [3.8, 4) is 0 Å². The number of benzene rings is 1. The minimum absolute atomic E-state index is 0.190. The third-order valence-electron chi connectivity index (χ3n) is 3.28. The second-order valence-corrected chi connectivity index (χ2v) is 5.52. The number of nitrogens with one attached hydrogen (secondary N) is 2. The van der Waals surface area contributed by atoms with E-state index in [0.717, 1.165) is 19.5 Å². The Bertz CT molecular complexity index is 605. The molecule has 6 nitrogen and oxygen atoms in total. The molecule has 2 rings (SSSR count). The highest BCUT2D eigenvalue weighted by Crippen LogP contribution is 2.08. The standard InChI is InChI=1S/C16H23FN6/c1-23(2)11-5-9-18-15-12-20-22-16(21-15)19-10-8-13-6-3-4-7-14(13)17/h3-4,6-7,12H,5,8-11H2,1-2H3,(H2,18,19,21,22). The molecular formula is C16H23FN6. The highest BCUT2D eigenvalue weighted by atomic mass is 19.1. The fourth-order valence-electron chi connectivity index (χ4n) is 2.09. The van der Waals surface area contributed by atoms with Gasteiger partial charge in [-0.1, -0.05) is 18.2 Å². The molecule has 7 heteroatoms. The summed E-state index contributed by atoms with van der Waals surface area (Å²) in [4.78, 5) is 6.47. The molecule has 0 radical (unpaired) electrons. The maximum atomic E-state index is 13.5. The minimum atomic E-state index is -0.190. The lowest BCUT2D eigenvalue weighted by Crippen LogP contribution is -2.17. The predicted molar refractivity (Wildman–Crippen MR) is 90.1 cm³/mol. The second kappa shape index (κ2) is 8.99. The molecule has 124 valence electrons. The molecule has 0 aliphatic heterocycles. The fourth-order valence-corrected chi connectivity index (χ4v) is 2.09. The molecule has 23 heavy (non-hydrogen) atoms. The van der Waals surface area contributed by atoms with E-state index in [1.54, 1.807) is 18.3 Å². The molecule has 0 saturated carbocycles. The molecule has 0 amide bonds. The molecule has 0 aliphatic rings. The lowest BCUT2D eigenvalue weighted by atomic mass is 10.1. The molecular weight excluding hydrogens is 295 g/mol. The fraction of sp³-hybridized carbons (Fsp3) is 0.438. The monoisotopic (exact) mass is 318 g/mol. The van der Waals surface area contributed by atoms with Crippen molar-refractivity contribution in [3.05, 3.63) is 41.8 Å². The molecule has 0 bridgehead atoms. The molecule has 1 aromatic carbocycles. The highest BCUT2D eigenvalue weighted by molar-refractivity contribution is 5.37. The topological polar surface area (TPSA) is 66.0 Å². The van der Waals surface area contributed by atoms with Gasteiger partial charge in [0.25, 0.3) is 0 Å². The van der Waals surface area contributed by atoms with E-state index in [1.165, 1.54) is 6.07 Å². The summed E-state index contributed by atoms with van der Waals surface area (Å²) < 4.78 is 13.5. The average Bonchev–Trinajstić information content (AvgIpc) is 2.54. The van der Waals surface area contributed by atoms with Gasteiger partial charge in [0.2, 0.25) is 5.95 Å². The van der Waals surface area contributed by atoms with Gasteiger partial charge in [-0.05, 0) is 45.1 Å². The Hall–Kier alpha value is -2.28. The molecule has 2 N–H and O–H groups in total. The maximum absolute atomic E-state index is 13.5. The molecule has 0 atom stereocenters. The van der Waals surface area contributed by atoms with Crippen molar-refractivity contribution < 1.29 is 4.39 Å². The van der Waals surface area contributed by atoms with Crippen LogP contribution in [0.2, 0.25) is 0 Å². The van der Waals surface area contributed by atoms with Gasteiger partial charge in [-0.3, -0.25) is 0 Å². The maximum Gasteiger partial charge on any atom is 0.244 e. The number of aromatic nitrogens is 3. The molecule has 1 aromatic heterocycles. The van der Waals surface area contributed by atoms with Crippen molar-refractivity contribution in [2.75, 3.05) is 44.4 Å². The Morgan fingerprint density at radius 1 is 1.13 bits per heavy atom. The van der Waals surface area contributed by atoms with Gasteiger partial charge < -0.3 is 15.5 Å². The summed E-state index contributed by atoms with van der Waals surface area (Å²) in [6.45, 7) is 2.39. The number of rotatable bonds is 9. The van der Waals surface area contributed by atoms with E-state index in [2.05, 4.69) is 30.7 Å². The van der Waals surface area contributed by atoms with Gasteiger partial charge in [-0.25, -0.2) is 4.39 Å². The molecule has 0 saturated heterocycles. The Morgan fingerprint density at radius 2 is 1.96 bits per heavy atom. The van der Waals surface area contributed by atoms with Gasteiger partial charge >= 0.3 is 0 Å².